The van der Waals surface area contributed by atoms with Gasteiger partial charge in [-0.05, 0) is 13.8 Å². The second-order valence-corrected chi connectivity index (χ2v) is 3.75. The molecule has 0 saturated heterocycles. The molecule has 1 unspecified atom stereocenters. The van der Waals surface area contributed by atoms with Crippen LogP contribution in [0.1, 0.15) is 20.8 Å². The summed E-state index contributed by atoms with van der Waals surface area (Å²) in [5.74, 6) is -0.509. The van der Waals surface area contributed by atoms with Crippen molar-refractivity contribution in [3.05, 3.63) is 0 Å². The van der Waals surface area contributed by atoms with Crippen LogP contribution in [0.25, 0.3) is 0 Å². The fourth-order valence-electron chi connectivity index (χ4n) is 0.695. The van der Waals surface area contributed by atoms with Crippen LogP contribution in [0.4, 0.5) is 0 Å². The first-order valence-corrected chi connectivity index (χ1v) is 4.05. The number of nitrogens with one attached hydrogen (secondary N) is 1. The largest absolute Gasteiger partial charge is 0.389 e. The van der Waals surface area contributed by atoms with E-state index in [1.165, 1.54) is 0 Å². The van der Waals surface area contributed by atoms with Gasteiger partial charge in [-0.3, -0.25) is 4.79 Å². The Morgan fingerprint density at radius 2 is 2.17 bits per heavy atom. The van der Waals surface area contributed by atoms with Gasteiger partial charge in [0.15, 0.2) is 0 Å². The molecule has 0 aromatic rings. The lowest BCUT2D eigenvalue weighted by Gasteiger charge is -2.18. The van der Waals surface area contributed by atoms with Crippen LogP contribution in [0.15, 0.2) is 0 Å². The minimum absolute atomic E-state index is 0.188. The van der Waals surface area contributed by atoms with Gasteiger partial charge >= 0.3 is 0 Å². The number of hydrogen-bond acceptors (Lipinski definition) is 3. The van der Waals surface area contributed by atoms with Gasteiger partial charge in [0.25, 0.3) is 0 Å². The van der Waals surface area contributed by atoms with Crippen LogP contribution in [0.5, 0.6) is 0 Å². The lowest BCUT2D eigenvalue weighted by atomic mass is 10.1. The topological polar surface area (TPSA) is 75.3 Å². The summed E-state index contributed by atoms with van der Waals surface area (Å²) in [7, 11) is 0. The smallest absolute Gasteiger partial charge is 0.221 e. The van der Waals surface area contributed by atoms with Crippen LogP contribution in [-0.4, -0.2) is 29.7 Å². The maximum atomic E-state index is 10.6. The summed E-state index contributed by atoms with van der Waals surface area (Å²) >= 11 is 0. The second kappa shape index (κ2) is 4.42. The number of amides is 1. The summed E-state index contributed by atoms with van der Waals surface area (Å²) in [5, 5.41) is 12.2. The Kier molecular flexibility index (Phi) is 4.20. The zero-order chi connectivity index (χ0) is 9.78. The highest BCUT2D eigenvalue weighted by atomic mass is 16.3. The third-order valence-electron chi connectivity index (χ3n) is 1.49. The zero-order valence-electron chi connectivity index (χ0n) is 7.92. The van der Waals surface area contributed by atoms with Crippen LogP contribution in [-0.2, 0) is 4.79 Å². The number of rotatable bonds is 5. The normalized spacial score (nSPS) is 14.3. The average molecular weight is 174 g/mol. The molecule has 12 heavy (non-hydrogen) atoms. The Bertz CT molecular complexity index is 152. The summed E-state index contributed by atoms with van der Waals surface area (Å²) in [4.78, 5) is 10.6. The van der Waals surface area contributed by atoms with Crippen molar-refractivity contribution in [2.24, 2.45) is 11.7 Å². The molecule has 72 valence electrons. The number of carbonyl (C=O) groups excluding carboxylic acids is 1. The Balaban J connectivity index is 3.51. The van der Waals surface area contributed by atoms with Gasteiger partial charge in [0.05, 0.1) is 5.60 Å². The van der Waals surface area contributed by atoms with Gasteiger partial charge in [0, 0.05) is 19.0 Å². The highest BCUT2D eigenvalue weighted by Crippen LogP contribution is 1.98. The van der Waals surface area contributed by atoms with Crippen molar-refractivity contribution < 1.29 is 9.90 Å². The van der Waals surface area contributed by atoms with Gasteiger partial charge in [-0.1, -0.05) is 6.92 Å². The molecule has 0 saturated carbocycles. The van der Waals surface area contributed by atoms with E-state index in [1.807, 2.05) is 0 Å². The summed E-state index contributed by atoms with van der Waals surface area (Å²) < 4.78 is 0. The van der Waals surface area contributed by atoms with Gasteiger partial charge < -0.3 is 16.2 Å². The molecule has 0 aliphatic rings. The molecule has 0 aliphatic carbocycles. The van der Waals surface area contributed by atoms with Crippen molar-refractivity contribution in [1.29, 1.82) is 0 Å². The van der Waals surface area contributed by atoms with Crippen molar-refractivity contribution in [3.8, 4) is 0 Å². The van der Waals surface area contributed by atoms with E-state index >= 15 is 0 Å². The monoisotopic (exact) mass is 174 g/mol. The molecule has 0 bridgehead atoms. The van der Waals surface area contributed by atoms with Crippen LogP contribution >= 0.6 is 0 Å². The molecule has 4 nitrogen and oxygen atoms in total. The number of hydrogen-bond donors (Lipinski definition) is 3. The summed E-state index contributed by atoms with van der Waals surface area (Å²) in [6.45, 7) is 6.13. The van der Waals surface area contributed by atoms with Crippen molar-refractivity contribution in [2.45, 2.75) is 26.4 Å². The maximum absolute atomic E-state index is 10.6. The van der Waals surface area contributed by atoms with Crippen molar-refractivity contribution in [2.75, 3.05) is 13.1 Å². The molecule has 4 N–H and O–H groups in total. The fraction of sp³-hybridized carbons (Fsp3) is 0.875. The molecule has 1 atom stereocenters. The van der Waals surface area contributed by atoms with Crippen molar-refractivity contribution in [3.63, 3.8) is 0 Å². The first-order chi connectivity index (χ1) is 5.33. The molecular formula is C8H18N2O2. The van der Waals surface area contributed by atoms with Crippen molar-refractivity contribution >= 4 is 5.91 Å². The molecule has 0 aromatic heterocycles. The highest BCUT2D eigenvalue weighted by Gasteiger charge is 2.13. The molecule has 0 radical (unpaired) electrons. The number of primary amides is 1. The minimum Gasteiger partial charge on any atom is -0.389 e. The van der Waals surface area contributed by atoms with Crippen molar-refractivity contribution in [1.82, 2.24) is 5.32 Å². The number of nitrogens with two attached hydrogens (primary N) is 1. The third-order valence-corrected chi connectivity index (χ3v) is 1.49. The van der Waals surface area contributed by atoms with Gasteiger partial charge in [-0.2, -0.15) is 0 Å². The standard InChI is InChI=1S/C8H18N2O2/c1-6(7(9)11)4-10-5-8(2,3)12/h6,10,12H,4-5H2,1-3H3,(H2,9,11). The minimum atomic E-state index is -0.739. The van der Waals surface area contributed by atoms with E-state index in [0.717, 1.165) is 0 Å². The molecule has 1 amide bonds. The van der Waals surface area contributed by atoms with Gasteiger partial charge in [0.2, 0.25) is 5.91 Å². The zero-order valence-corrected chi connectivity index (χ0v) is 7.92. The Morgan fingerprint density at radius 3 is 2.50 bits per heavy atom. The molecule has 0 aliphatic heterocycles. The summed E-state index contributed by atoms with van der Waals surface area (Å²) in [5.41, 5.74) is 4.31. The lowest BCUT2D eigenvalue weighted by Crippen LogP contribution is -2.39. The molecule has 4 heteroatoms. The molecule has 0 aromatic carbocycles. The summed E-state index contributed by atoms with van der Waals surface area (Å²) in [6.07, 6.45) is 0. The molecule has 0 spiro atoms. The Hall–Kier alpha value is -0.610. The van der Waals surface area contributed by atoms with Crippen LogP contribution in [0.3, 0.4) is 0 Å². The maximum Gasteiger partial charge on any atom is 0.221 e. The van der Waals surface area contributed by atoms with Gasteiger partial charge in [0.1, 0.15) is 0 Å². The Labute approximate surface area is 73.1 Å². The van der Waals surface area contributed by atoms with E-state index < -0.39 is 5.60 Å². The summed E-state index contributed by atoms with van der Waals surface area (Å²) in [6, 6.07) is 0. The first kappa shape index (κ1) is 11.4. The van der Waals surface area contributed by atoms with E-state index in [0.29, 0.717) is 13.1 Å². The highest BCUT2D eigenvalue weighted by molar-refractivity contribution is 5.76. The van der Waals surface area contributed by atoms with Gasteiger partial charge in [-0.25, -0.2) is 0 Å². The molecule has 0 heterocycles. The van der Waals surface area contributed by atoms with Crippen LogP contribution in [0, 0.1) is 5.92 Å². The molecule has 0 rings (SSSR count). The fourth-order valence-corrected chi connectivity index (χ4v) is 0.695. The third kappa shape index (κ3) is 6.12. The van der Waals surface area contributed by atoms with E-state index in [1.54, 1.807) is 20.8 Å². The number of aliphatic hydroxyl groups is 1. The molecule has 0 fully saturated rings. The van der Waals surface area contributed by atoms with E-state index in [-0.39, 0.29) is 11.8 Å². The second-order valence-electron chi connectivity index (χ2n) is 3.75. The van der Waals surface area contributed by atoms with E-state index in [2.05, 4.69) is 5.32 Å². The Morgan fingerprint density at radius 1 is 1.67 bits per heavy atom. The van der Waals surface area contributed by atoms with Gasteiger partial charge in [-0.15, -0.1) is 0 Å². The first-order valence-electron chi connectivity index (χ1n) is 4.05. The van der Waals surface area contributed by atoms with Crippen LogP contribution < -0.4 is 11.1 Å². The number of carbonyl (C=O) groups is 1. The predicted molar refractivity (Wildman–Crippen MR) is 47.5 cm³/mol. The molecular weight excluding hydrogens is 156 g/mol. The lowest BCUT2D eigenvalue weighted by molar-refractivity contribution is -0.121. The SMILES string of the molecule is CC(CNCC(C)(C)O)C(N)=O. The van der Waals surface area contributed by atoms with Crippen LogP contribution in [0.2, 0.25) is 0 Å². The predicted octanol–water partition coefficient (Wildman–Crippen LogP) is -0.532. The van der Waals surface area contributed by atoms with E-state index in [9.17, 15) is 9.90 Å². The van der Waals surface area contributed by atoms with E-state index in [4.69, 9.17) is 5.73 Å². The average Bonchev–Trinajstić information content (AvgIpc) is 1.84. The quantitative estimate of drug-likeness (QED) is 0.524.